The number of carboxylic acids is 1. The average Bonchev–Trinajstić information content (AvgIpc) is 3.12. The Balaban J connectivity index is 2.15. The van der Waals surface area contributed by atoms with Gasteiger partial charge >= 0.3 is 5.97 Å². The summed E-state index contributed by atoms with van der Waals surface area (Å²) in [5, 5.41) is 13.2. The van der Waals surface area contributed by atoms with Gasteiger partial charge in [0, 0.05) is 19.1 Å². The summed E-state index contributed by atoms with van der Waals surface area (Å²) in [4.78, 5) is 14.5. The van der Waals surface area contributed by atoms with Gasteiger partial charge in [0.15, 0.2) is 0 Å². The molecule has 2 saturated carbocycles. The number of likely N-dealkylation sites (N-methyl/N-ethyl adjacent to an activating group) is 1. The van der Waals surface area contributed by atoms with Gasteiger partial charge < -0.3 is 10.4 Å². The zero-order valence-corrected chi connectivity index (χ0v) is 13.9. The number of nitrogens with one attached hydrogen (secondary N) is 1. The normalized spacial score (nSPS) is 22.9. The molecule has 122 valence electrons. The van der Waals surface area contributed by atoms with Crippen molar-refractivity contribution in [1.82, 2.24) is 10.2 Å². The summed E-state index contributed by atoms with van der Waals surface area (Å²) < 4.78 is 0. The van der Waals surface area contributed by atoms with Crippen LogP contribution in [-0.2, 0) is 4.79 Å². The van der Waals surface area contributed by atoms with Gasteiger partial charge in [0.2, 0.25) is 0 Å². The van der Waals surface area contributed by atoms with Crippen LogP contribution in [0.15, 0.2) is 0 Å². The van der Waals surface area contributed by atoms with E-state index in [2.05, 4.69) is 24.1 Å². The predicted octanol–water partition coefficient (Wildman–Crippen LogP) is 2.73. The third kappa shape index (κ3) is 3.98. The molecule has 0 radical (unpaired) electrons. The molecule has 2 N–H and O–H groups in total. The van der Waals surface area contributed by atoms with Gasteiger partial charge in [0.05, 0.1) is 0 Å². The van der Waals surface area contributed by atoms with Crippen LogP contribution in [0.5, 0.6) is 0 Å². The summed E-state index contributed by atoms with van der Waals surface area (Å²) in [6.45, 7) is 8.89. The number of aliphatic carboxylic acids is 1. The zero-order valence-electron chi connectivity index (χ0n) is 13.9. The van der Waals surface area contributed by atoms with Crippen molar-refractivity contribution >= 4 is 5.97 Å². The van der Waals surface area contributed by atoms with E-state index in [1.165, 1.54) is 25.7 Å². The molecule has 2 aliphatic carbocycles. The Morgan fingerprint density at radius 3 is 2.33 bits per heavy atom. The van der Waals surface area contributed by atoms with Crippen molar-refractivity contribution in [2.24, 2.45) is 11.8 Å². The summed E-state index contributed by atoms with van der Waals surface area (Å²) in [5.74, 6) is 0.238. The molecular weight excluding hydrogens is 264 g/mol. The Labute approximate surface area is 129 Å². The number of carbonyl (C=O) groups is 1. The molecule has 1 unspecified atom stereocenters. The van der Waals surface area contributed by atoms with Crippen LogP contribution >= 0.6 is 0 Å². The minimum atomic E-state index is -0.730. The molecule has 21 heavy (non-hydrogen) atoms. The second-order valence-electron chi connectivity index (χ2n) is 7.34. The molecule has 0 spiro atoms. The molecule has 0 saturated heterocycles. The molecule has 0 aromatic carbocycles. The molecule has 0 heterocycles. The third-order valence-electron chi connectivity index (χ3n) is 5.04. The molecule has 0 amide bonds. The molecule has 4 nitrogen and oxygen atoms in total. The number of nitrogens with zero attached hydrogens (tertiary/aromatic N) is 1. The number of rotatable bonds is 9. The highest BCUT2D eigenvalue weighted by atomic mass is 16.4. The monoisotopic (exact) mass is 296 g/mol. The van der Waals surface area contributed by atoms with Crippen molar-refractivity contribution < 1.29 is 9.90 Å². The van der Waals surface area contributed by atoms with Crippen molar-refractivity contribution in [3.8, 4) is 0 Å². The summed E-state index contributed by atoms with van der Waals surface area (Å²) in [6.07, 6.45) is 7.17. The largest absolute Gasteiger partial charge is 0.480 e. The van der Waals surface area contributed by atoms with Crippen molar-refractivity contribution in [2.45, 2.75) is 70.9 Å². The Bertz CT molecular complexity index is 349. The van der Waals surface area contributed by atoms with Crippen LogP contribution in [0.2, 0.25) is 0 Å². The molecule has 0 aromatic heterocycles. The van der Waals surface area contributed by atoms with Crippen LogP contribution < -0.4 is 5.32 Å². The summed E-state index contributed by atoms with van der Waals surface area (Å²) >= 11 is 0. The fraction of sp³-hybridized carbons (Fsp3) is 0.941. The van der Waals surface area contributed by atoms with Crippen LogP contribution in [0.3, 0.4) is 0 Å². The van der Waals surface area contributed by atoms with E-state index >= 15 is 0 Å². The van der Waals surface area contributed by atoms with Gasteiger partial charge in [-0.3, -0.25) is 9.69 Å². The fourth-order valence-electron chi connectivity index (χ4n) is 3.94. The van der Waals surface area contributed by atoms with Crippen LogP contribution in [0, 0.1) is 11.8 Å². The molecule has 2 rings (SSSR count). The van der Waals surface area contributed by atoms with Gasteiger partial charge in [0.25, 0.3) is 0 Å². The second kappa shape index (κ2) is 7.10. The van der Waals surface area contributed by atoms with Gasteiger partial charge in [-0.2, -0.15) is 0 Å². The maximum Gasteiger partial charge on any atom is 0.325 e. The van der Waals surface area contributed by atoms with Gasteiger partial charge in [0.1, 0.15) is 5.54 Å². The van der Waals surface area contributed by atoms with E-state index in [-0.39, 0.29) is 0 Å². The number of carboxylic acid groups (broad SMARTS) is 1. The topological polar surface area (TPSA) is 52.6 Å². The second-order valence-corrected chi connectivity index (χ2v) is 7.34. The Kier molecular flexibility index (Phi) is 5.67. The van der Waals surface area contributed by atoms with E-state index < -0.39 is 11.5 Å². The number of hydrogen-bond acceptors (Lipinski definition) is 3. The van der Waals surface area contributed by atoms with Crippen molar-refractivity contribution in [1.29, 1.82) is 0 Å². The molecule has 0 aromatic rings. The van der Waals surface area contributed by atoms with E-state index in [1.54, 1.807) is 0 Å². The van der Waals surface area contributed by atoms with Crippen molar-refractivity contribution in [3.63, 3.8) is 0 Å². The van der Waals surface area contributed by atoms with Crippen LogP contribution in [-0.4, -0.2) is 47.2 Å². The van der Waals surface area contributed by atoms with E-state index in [4.69, 9.17) is 0 Å². The molecule has 2 fully saturated rings. The third-order valence-corrected chi connectivity index (χ3v) is 5.04. The molecule has 0 aliphatic heterocycles. The number of hydrogen-bond donors (Lipinski definition) is 2. The SMILES string of the molecule is CCNC(CN(CC(C)C)C1CCCC1)(C(=O)O)C1CC1. The zero-order chi connectivity index (χ0) is 15.5. The standard InChI is InChI=1S/C17H32N2O2/c1-4-18-17(16(20)21,14-9-10-14)12-19(11-13(2)3)15-7-5-6-8-15/h13-15,18H,4-12H2,1-3H3,(H,20,21). The van der Waals surface area contributed by atoms with Gasteiger partial charge in [-0.05, 0) is 44.1 Å². The highest BCUT2D eigenvalue weighted by Crippen LogP contribution is 2.41. The summed E-state index contributed by atoms with van der Waals surface area (Å²) in [7, 11) is 0. The molecule has 1 atom stereocenters. The van der Waals surface area contributed by atoms with E-state index in [0.717, 1.165) is 25.9 Å². The smallest absolute Gasteiger partial charge is 0.325 e. The first-order valence-corrected chi connectivity index (χ1v) is 8.72. The van der Waals surface area contributed by atoms with E-state index in [9.17, 15) is 9.90 Å². The Hall–Kier alpha value is -0.610. The first kappa shape index (κ1) is 16.8. The van der Waals surface area contributed by atoms with Gasteiger partial charge in [-0.15, -0.1) is 0 Å². The average molecular weight is 296 g/mol. The van der Waals surface area contributed by atoms with Crippen LogP contribution in [0.1, 0.15) is 59.3 Å². The lowest BCUT2D eigenvalue weighted by molar-refractivity contribution is -0.147. The van der Waals surface area contributed by atoms with Crippen molar-refractivity contribution in [2.75, 3.05) is 19.6 Å². The first-order valence-electron chi connectivity index (χ1n) is 8.72. The Morgan fingerprint density at radius 1 is 1.29 bits per heavy atom. The lowest BCUT2D eigenvalue weighted by Crippen LogP contribution is -2.62. The van der Waals surface area contributed by atoms with Gasteiger partial charge in [-0.25, -0.2) is 0 Å². The molecule has 0 bridgehead atoms. The quantitative estimate of drug-likeness (QED) is 0.687. The van der Waals surface area contributed by atoms with Crippen molar-refractivity contribution in [3.05, 3.63) is 0 Å². The van der Waals surface area contributed by atoms with Crippen LogP contribution in [0.25, 0.3) is 0 Å². The highest BCUT2D eigenvalue weighted by molar-refractivity contribution is 5.80. The summed E-state index contributed by atoms with van der Waals surface area (Å²) in [5.41, 5.74) is -0.730. The molecular formula is C17H32N2O2. The lowest BCUT2D eigenvalue weighted by Gasteiger charge is -2.39. The maximum absolute atomic E-state index is 12.0. The predicted molar refractivity (Wildman–Crippen MR) is 85.4 cm³/mol. The molecule has 2 aliphatic rings. The highest BCUT2D eigenvalue weighted by Gasteiger charge is 2.52. The van der Waals surface area contributed by atoms with Crippen LogP contribution in [0.4, 0.5) is 0 Å². The van der Waals surface area contributed by atoms with Gasteiger partial charge in [-0.1, -0.05) is 33.6 Å². The minimum Gasteiger partial charge on any atom is -0.480 e. The summed E-state index contributed by atoms with van der Waals surface area (Å²) in [6, 6.07) is 0.587. The minimum absolute atomic E-state index is 0.311. The lowest BCUT2D eigenvalue weighted by atomic mass is 9.91. The van der Waals surface area contributed by atoms with E-state index in [1.807, 2.05) is 6.92 Å². The fourth-order valence-corrected chi connectivity index (χ4v) is 3.94. The Morgan fingerprint density at radius 2 is 1.90 bits per heavy atom. The first-order chi connectivity index (χ1) is 9.99. The maximum atomic E-state index is 12.0. The molecule has 4 heteroatoms. The van der Waals surface area contributed by atoms with E-state index in [0.29, 0.717) is 24.4 Å².